The summed E-state index contributed by atoms with van der Waals surface area (Å²) in [5.74, 6) is 0.734. The molecular formula is C29H39FN2OS. The van der Waals surface area contributed by atoms with Crippen LogP contribution >= 0.6 is 12.6 Å². The van der Waals surface area contributed by atoms with Crippen molar-refractivity contribution in [3.8, 4) is 0 Å². The highest BCUT2D eigenvalue weighted by Crippen LogP contribution is 2.24. The molecule has 0 amide bonds. The number of benzene rings is 1. The van der Waals surface area contributed by atoms with Gasteiger partial charge in [0.15, 0.2) is 0 Å². The van der Waals surface area contributed by atoms with Crippen molar-refractivity contribution in [1.82, 2.24) is 4.90 Å². The summed E-state index contributed by atoms with van der Waals surface area (Å²) in [6.45, 7) is 9.67. The Kier molecular flexibility index (Phi) is 12.0. The fourth-order valence-electron chi connectivity index (χ4n) is 3.75. The number of aliphatic imine (C=N–C) groups is 1. The number of ether oxygens (including phenoxy) is 1. The molecule has 0 radical (unpaired) electrons. The maximum absolute atomic E-state index is 14.5. The summed E-state index contributed by atoms with van der Waals surface area (Å²) in [7, 11) is 2.09. The van der Waals surface area contributed by atoms with Gasteiger partial charge in [-0.3, -0.25) is 4.99 Å². The number of aryl methyl sites for hydroxylation is 1. The lowest BCUT2D eigenvalue weighted by atomic mass is 9.99. The molecule has 0 heterocycles. The molecule has 0 N–H and O–H groups in total. The van der Waals surface area contributed by atoms with Crippen molar-refractivity contribution in [2.45, 2.75) is 59.8 Å². The molecule has 0 unspecified atom stereocenters. The van der Waals surface area contributed by atoms with E-state index in [2.05, 4.69) is 56.8 Å². The number of nitrogens with zero attached hydrogens (tertiary/aromatic N) is 2. The van der Waals surface area contributed by atoms with Gasteiger partial charge >= 0.3 is 0 Å². The highest BCUT2D eigenvalue weighted by Gasteiger charge is 2.12. The average molecular weight is 483 g/mol. The van der Waals surface area contributed by atoms with E-state index in [4.69, 9.17) is 17.4 Å². The average Bonchev–Trinajstić information content (AvgIpc) is 3.03. The van der Waals surface area contributed by atoms with Crippen molar-refractivity contribution in [2.24, 2.45) is 4.99 Å². The topological polar surface area (TPSA) is 24.8 Å². The predicted molar refractivity (Wildman–Crippen MR) is 147 cm³/mol. The maximum atomic E-state index is 14.5. The molecule has 1 aliphatic rings. The first kappa shape index (κ1) is 27.7. The van der Waals surface area contributed by atoms with Gasteiger partial charge in [0.2, 0.25) is 0 Å². The normalized spacial score (nSPS) is 15.1. The van der Waals surface area contributed by atoms with Gasteiger partial charge in [0.05, 0.1) is 5.70 Å². The minimum Gasteiger partial charge on any atom is -0.492 e. The Morgan fingerprint density at radius 1 is 1.24 bits per heavy atom. The summed E-state index contributed by atoms with van der Waals surface area (Å²) in [5, 5.41) is 0. The summed E-state index contributed by atoms with van der Waals surface area (Å²) in [4.78, 5) is 7.62. The van der Waals surface area contributed by atoms with Crippen LogP contribution in [0.1, 0.15) is 58.1 Å². The lowest BCUT2D eigenvalue weighted by Gasteiger charge is -2.20. The fraction of sp³-hybridized carbons (Fsp3) is 0.414. The number of hydrogen-bond donors (Lipinski definition) is 1. The van der Waals surface area contributed by atoms with Crippen LogP contribution in [-0.4, -0.2) is 31.3 Å². The van der Waals surface area contributed by atoms with Crippen LogP contribution in [0.15, 0.2) is 81.2 Å². The highest BCUT2D eigenvalue weighted by molar-refractivity contribution is 7.84. The minimum atomic E-state index is -0.157. The van der Waals surface area contributed by atoms with E-state index in [-0.39, 0.29) is 5.82 Å². The van der Waals surface area contributed by atoms with Gasteiger partial charge in [-0.1, -0.05) is 38.1 Å². The number of halogens is 1. The molecule has 1 aromatic carbocycles. The van der Waals surface area contributed by atoms with E-state index in [0.717, 1.165) is 53.3 Å². The molecule has 0 atom stereocenters. The largest absolute Gasteiger partial charge is 0.492 e. The standard InChI is InChI=1S/C29H39FN2OS/c1-6-9-10-20-31-27(18-17-25-23(7-2)12-11-13-26(25)30)29(34)21-33-24-15-14-22(4)28(19-16-24)32(5)8-3/h9-14,16,19-20,34H,6-8,15,17-18,21H2,1-5H3/b10-9+,29-27-,31-20+. The van der Waals surface area contributed by atoms with Crippen LogP contribution in [0.3, 0.4) is 0 Å². The number of thiol groups is 1. The molecule has 1 aliphatic carbocycles. The van der Waals surface area contributed by atoms with Gasteiger partial charge in [-0.25, -0.2) is 4.39 Å². The van der Waals surface area contributed by atoms with Crippen LogP contribution in [0, 0.1) is 5.82 Å². The van der Waals surface area contributed by atoms with Crippen molar-refractivity contribution in [3.63, 3.8) is 0 Å². The molecule has 0 bridgehead atoms. The lowest BCUT2D eigenvalue weighted by Crippen LogP contribution is -2.17. The first-order valence-electron chi connectivity index (χ1n) is 12.2. The van der Waals surface area contributed by atoms with Crippen molar-refractivity contribution in [2.75, 3.05) is 20.2 Å². The Morgan fingerprint density at radius 3 is 2.74 bits per heavy atom. The second kappa shape index (κ2) is 14.7. The number of hydrogen-bond acceptors (Lipinski definition) is 4. The van der Waals surface area contributed by atoms with E-state index in [0.29, 0.717) is 19.4 Å². The molecule has 0 saturated carbocycles. The lowest BCUT2D eigenvalue weighted by molar-refractivity contribution is 0.239. The molecule has 0 spiro atoms. The number of rotatable bonds is 12. The van der Waals surface area contributed by atoms with Crippen LogP contribution in [0.25, 0.3) is 0 Å². The van der Waals surface area contributed by atoms with Gasteiger partial charge in [0.25, 0.3) is 0 Å². The van der Waals surface area contributed by atoms with Crippen LogP contribution in [0.2, 0.25) is 0 Å². The molecule has 1 aromatic rings. The Bertz CT molecular complexity index is 1000. The zero-order valence-electron chi connectivity index (χ0n) is 21.3. The van der Waals surface area contributed by atoms with Crippen LogP contribution in [-0.2, 0) is 17.6 Å². The van der Waals surface area contributed by atoms with Crippen molar-refractivity contribution >= 4 is 18.8 Å². The third-order valence-electron chi connectivity index (χ3n) is 5.95. The van der Waals surface area contributed by atoms with E-state index < -0.39 is 0 Å². The highest BCUT2D eigenvalue weighted by atomic mass is 32.1. The van der Waals surface area contributed by atoms with Crippen molar-refractivity contribution in [1.29, 1.82) is 0 Å². The van der Waals surface area contributed by atoms with Crippen LogP contribution in [0.5, 0.6) is 0 Å². The summed E-state index contributed by atoms with van der Waals surface area (Å²) >= 11 is 4.74. The van der Waals surface area contributed by atoms with Crippen molar-refractivity contribution < 1.29 is 9.13 Å². The van der Waals surface area contributed by atoms with Gasteiger partial charge in [0, 0.05) is 36.8 Å². The van der Waals surface area contributed by atoms with Crippen LogP contribution in [0.4, 0.5) is 4.39 Å². The molecule has 2 rings (SSSR count). The molecule has 0 aliphatic heterocycles. The Hall–Kier alpha value is -2.53. The molecule has 0 saturated heterocycles. The Balaban J connectivity index is 2.19. The smallest absolute Gasteiger partial charge is 0.126 e. The van der Waals surface area contributed by atoms with Gasteiger partial charge in [-0.2, -0.15) is 0 Å². The summed E-state index contributed by atoms with van der Waals surface area (Å²) in [6, 6.07) is 5.29. The molecule has 34 heavy (non-hydrogen) atoms. The quantitative estimate of drug-likeness (QED) is 0.245. The zero-order chi connectivity index (χ0) is 24.9. The third kappa shape index (κ3) is 8.35. The molecule has 0 fully saturated rings. The van der Waals surface area contributed by atoms with Gasteiger partial charge in [0.1, 0.15) is 18.2 Å². The van der Waals surface area contributed by atoms with E-state index in [1.165, 1.54) is 17.3 Å². The third-order valence-corrected chi connectivity index (χ3v) is 6.34. The second-order valence-corrected chi connectivity index (χ2v) is 8.86. The first-order valence-corrected chi connectivity index (χ1v) is 12.6. The maximum Gasteiger partial charge on any atom is 0.126 e. The Labute approximate surface area is 210 Å². The number of allylic oxidation sites excluding steroid dienone is 7. The minimum absolute atomic E-state index is 0.157. The Morgan fingerprint density at radius 2 is 2.03 bits per heavy atom. The monoisotopic (exact) mass is 482 g/mol. The van der Waals surface area contributed by atoms with E-state index >= 15 is 0 Å². The second-order valence-electron chi connectivity index (χ2n) is 8.32. The van der Waals surface area contributed by atoms with Crippen LogP contribution < -0.4 is 0 Å². The zero-order valence-corrected chi connectivity index (χ0v) is 22.2. The molecule has 5 heteroatoms. The predicted octanol–water partition coefficient (Wildman–Crippen LogP) is 7.59. The summed E-state index contributed by atoms with van der Waals surface area (Å²) in [6.07, 6.45) is 15.7. The molecule has 3 nitrogen and oxygen atoms in total. The molecular weight excluding hydrogens is 443 g/mol. The fourth-order valence-corrected chi connectivity index (χ4v) is 3.98. The number of likely N-dealkylation sites (N-methyl/N-ethyl adjacent to an activating group) is 1. The van der Waals surface area contributed by atoms with Crippen molar-refractivity contribution in [3.05, 3.63) is 93.2 Å². The van der Waals surface area contributed by atoms with Gasteiger partial charge in [-0.15, -0.1) is 12.6 Å². The van der Waals surface area contributed by atoms with E-state index in [1.54, 1.807) is 12.3 Å². The molecule has 184 valence electrons. The summed E-state index contributed by atoms with van der Waals surface area (Å²) < 4.78 is 20.6. The van der Waals surface area contributed by atoms with E-state index in [1.807, 2.05) is 24.3 Å². The van der Waals surface area contributed by atoms with Gasteiger partial charge in [-0.05, 0) is 80.5 Å². The molecule has 0 aromatic heterocycles. The first-order chi connectivity index (χ1) is 16.4. The van der Waals surface area contributed by atoms with E-state index in [9.17, 15) is 4.39 Å². The SMILES string of the molecule is CC/C=C/C=N/C(CCc1c(F)cccc1CC)=C(\S)COC1=CC=C(N(C)CC)C(C)=CC1. The van der Waals surface area contributed by atoms with Gasteiger partial charge < -0.3 is 9.64 Å². The summed E-state index contributed by atoms with van der Waals surface area (Å²) in [5.41, 5.74) is 5.06.